The number of fused-ring (bicyclic) bond motifs is 2. The minimum atomic E-state index is -0.462. The Balaban J connectivity index is 1.70. The third-order valence-corrected chi connectivity index (χ3v) is 4.81. The summed E-state index contributed by atoms with van der Waals surface area (Å²) in [6, 6.07) is 5.16. The first kappa shape index (κ1) is 13.4. The number of nitro groups is 1. The van der Waals surface area contributed by atoms with Crippen LogP contribution in [-0.2, 0) is 0 Å². The first-order valence-corrected chi connectivity index (χ1v) is 7.31. The van der Waals surface area contributed by atoms with Crippen molar-refractivity contribution in [3.05, 3.63) is 45.5 Å². The zero-order valence-electron chi connectivity index (χ0n) is 11.3. The van der Waals surface area contributed by atoms with E-state index in [1.807, 2.05) is 0 Å². The molecule has 2 bridgehead atoms. The summed E-state index contributed by atoms with van der Waals surface area (Å²) in [5.74, 6) is 2.06. The van der Waals surface area contributed by atoms with E-state index in [0.29, 0.717) is 17.9 Å². The first-order chi connectivity index (χ1) is 9.54. The van der Waals surface area contributed by atoms with Crippen LogP contribution < -0.4 is 5.32 Å². The van der Waals surface area contributed by atoms with Crippen molar-refractivity contribution in [2.24, 2.45) is 17.8 Å². The normalized spacial score (nSPS) is 28.6. The average molecular weight is 293 g/mol. The van der Waals surface area contributed by atoms with Crippen molar-refractivity contribution in [2.45, 2.75) is 25.8 Å². The highest BCUT2D eigenvalue weighted by molar-refractivity contribution is 6.32. The van der Waals surface area contributed by atoms with Crippen LogP contribution in [0, 0.1) is 27.9 Å². The molecule has 2 aliphatic rings. The molecule has 0 aliphatic heterocycles. The molecule has 1 aromatic carbocycles. The Morgan fingerprint density at radius 2 is 2.20 bits per heavy atom. The van der Waals surface area contributed by atoms with E-state index in [0.717, 1.165) is 11.6 Å². The molecule has 1 aromatic rings. The lowest BCUT2D eigenvalue weighted by molar-refractivity contribution is -0.384. The Labute approximate surface area is 123 Å². The van der Waals surface area contributed by atoms with Crippen molar-refractivity contribution in [3.8, 4) is 0 Å². The van der Waals surface area contributed by atoms with Gasteiger partial charge in [0.2, 0.25) is 0 Å². The zero-order valence-corrected chi connectivity index (χ0v) is 12.0. The maximum absolute atomic E-state index is 10.7. The van der Waals surface area contributed by atoms with E-state index < -0.39 is 4.92 Å². The number of allylic oxidation sites excluding steroid dienone is 2. The second-order valence-corrected chi connectivity index (χ2v) is 6.21. The van der Waals surface area contributed by atoms with E-state index in [9.17, 15) is 10.1 Å². The minimum Gasteiger partial charge on any atom is -0.382 e. The fourth-order valence-corrected chi connectivity index (χ4v) is 3.76. The number of rotatable bonds is 4. The zero-order chi connectivity index (χ0) is 14.3. The lowest BCUT2D eigenvalue weighted by atomic mass is 9.87. The van der Waals surface area contributed by atoms with Crippen molar-refractivity contribution < 1.29 is 4.92 Å². The van der Waals surface area contributed by atoms with E-state index in [1.165, 1.54) is 18.9 Å². The Hall–Kier alpha value is -1.55. The third kappa shape index (κ3) is 2.40. The molecule has 0 amide bonds. The standard InChI is InChI=1S/C15H17ClN2O2/c1-9(13-7-10-2-3-11(13)6-10)17-12-4-5-15(18(19)20)14(16)8-12/h2-5,8-11,13,17H,6-7H2,1H3. The number of hydrogen-bond acceptors (Lipinski definition) is 3. The SMILES string of the molecule is CC(Nc1ccc([N+](=O)[O-])c(Cl)c1)C1CC2C=CC1C2. The highest BCUT2D eigenvalue weighted by Crippen LogP contribution is 2.45. The smallest absolute Gasteiger partial charge is 0.288 e. The van der Waals surface area contributed by atoms with Crippen LogP contribution in [0.3, 0.4) is 0 Å². The van der Waals surface area contributed by atoms with Crippen molar-refractivity contribution in [1.82, 2.24) is 0 Å². The Morgan fingerprint density at radius 3 is 2.75 bits per heavy atom. The molecule has 1 N–H and O–H groups in total. The maximum Gasteiger partial charge on any atom is 0.288 e. The fraction of sp³-hybridized carbons (Fsp3) is 0.467. The molecule has 0 spiro atoms. The van der Waals surface area contributed by atoms with Gasteiger partial charge >= 0.3 is 0 Å². The van der Waals surface area contributed by atoms with Crippen molar-refractivity contribution in [2.75, 3.05) is 5.32 Å². The molecule has 0 heterocycles. The summed E-state index contributed by atoms with van der Waals surface area (Å²) in [4.78, 5) is 10.3. The van der Waals surface area contributed by atoms with E-state index in [-0.39, 0.29) is 10.7 Å². The van der Waals surface area contributed by atoms with Gasteiger partial charge in [-0.05, 0) is 49.7 Å². The molecular weight excluding hydrogens is 276 g/mol. The highest BCUT2D eigenvalue weighted by Gasteiger charge is 2.38. The number of hydrogen-bond donors (Lipinski definition) is 1. The molecule has 1 saturated carbocycles. The molecule has 3 rings (SSSR count). The molecule has 0 aromatic heterocycles. The molecule has 0 radical (unpaired) electrons. The van der Waals surface area contributed by atoms with Gasteiger partial charge in [-0.1, -0.05) is 23.8 Å². The number of anilines is 1. The Morgan fingerprint density at radius 1 is 1.40 bits per heavy atom. The Bertz CT molecular complexity index is 573. The van der Waals surface area contributed by atoms with Gasteiger partial charge in [-0.15, -0.1) is 0 Å². The topological polar surface area (TPSA) is 55.2 Å². The van der Waals surface area contributed by atoms with Crippen molar-refractivity contribution in [3.63, 3.8) is 0 Å². The van der Waals surface area contributed by atoms with Gasteiger partial charge in [0, 0.05) is 17.8 Å². The second-order valence-electron chi connectivity index (χ2n) is 5.80. The lowest BCUT2D eigenvalue weighted by Gasteiger charge is -2.27. The summed E-state index contributed by atoms with van der Waals surface area (Å²) < 4.78 is 0. The fourth-order valence-electron chi connectivity index (χ4n) is 3.51. The average Bonchev–Trinajstić information content (AvgIpc) is 3.00. The van der Waals surface area contributed by atoms with E-state index >= 15 is 0 Å². The van der Waals surface area contributed by atoms with Crippen LogP contribution in [-0.4, -0.2) is 11.0 Å². The molecule has 4 atom stereocenters. The predicted octanol–water partition coefficient (Wildman–Crippen LogP) is 4.26. The molecular formula is C15H17ClN2O2. The largest absolute Gasteiger partial charge is 0.382 e. The summed E-state index contributed by atoms with van der Waals surface area (Å²) in [6.07, 6.45) is 7.17. The van der Waals surface area contributed by atoms with Crippen LogP contribution in [0.4, 0.5) is 11.4 Å². The van der Waals surface area contributed by atoms with Gasteiger partial charge in [0.1, 0.15) is 5.02 Å². The van der Waals surface area contributed by atoms with Crippen molar-refractivity contribution in [1.29, 1.82) is 0 Å². The Kier molecular flexibility index (Phi) is 3.42. The predicted molar refractivity (Wildman–Crippen MR) is 80.0 cm³/mol. The number of nitrogens with one attached hydrogen (secondary N) is 1. The van der Waals surface area contributed by atoms with Crippen LogP contribution in [0.5, 0.6) is 0 Å². The highest BCUT2D eigenvalue weighted by atomic mass is 35.5. The quantitative estimate of drug-likeness (QED) is 0.512. The van der Waals surface area contributed by atoms with Gasteiger partial charge in [-0.25, -0.2) is 0 Å². The van der Waals surface area contributed by atoms with Gasteiger partial charge < -0.3 is 5.32 Å². The van der Waals surface area contributed by atoms with Gasteiger partial charge in [-0.3, -0.25) is 10.1 Å². The number of nitrogens with zero attached hydrogens (tertiary/aromatic N) is 1. The summed E-state index contributed by atoms with van der Waals surface area (Å²) in [5.41, 5.74) is 0.799. The van der Waals surface area contributed by atoms with Gasteiger partial charge in [0.15, 0.2) is 0 Å². The van der Waals surface area contributed by atoms with Crippen LogP contribution >= 0.6 is 11.6 Å². The third-order valence-electron chi connectivity index (χ3n) is 4.51. The van der Waals surface area contributed by atoms with E-state index in [4.69, 9.17) is 11.6 Å². The van der Waals surface area contributed by atoms with Crippen LogP contribution in [0.1, 0.15) is 19.8 Å². The van der Waals surface area contributed by atoms with Crippen LogP contribution in [0.15, 0.2) is 30.4 Å². The molecule has 2 aliphatic carbocycles. The van der Waals surface area contributed by atoms with E-state index in [2.05, 4.69) is 24.4 Å². The number of halogens is 1. The molecule has 0 saturated heterocycles. The molecule has 20 heavy (non-hydrogen) atoms. The molecule has 4 nitrogen and oxygen atoms in total. The monoisotopic (exact) mass is 292 g/mol. The summed E-state index contributed by atoms with van der Waals surface area (Å²) in [7, 11) is 0. The van der Waals surface area contributed by atoms with Crippen LogP contribution in [0.2, 0.25) is 5.02 Å². The number of nitro benzene ring substituents is 1. The van der Waals surface area contributed by atoms with Gasteiger partial charge in [0.25, 0.3) is 5.69 Å². The maximum atomic E-state index is 10.7. The minimum absolute atomic E-state index is 0.0484. The summed E-state index contributed by atoms with van der Waals surface area (Å²) >= 11 is 5.94. The molecule has 106 valence electrons. The molecule has 5 heteroatoms. The number of benzene rings is 1. The van der Waals surface area contributed by atoms with E-state index in [1.54, 1.807) is 12.1 Å². The van der Waals surface area contributed by atoms with Crippen LogP contribution in [0.25, 0.3) is 0 Å². The lowest BCUT2D eigenvalue weighted by Crippen LogP contribution is -2.28. The summed E-state index contributed by atoms with van der Waals surface area (Å²) in [5, 5.41) is 14.4. The van der Waals surface area contributed by atoms with Crippen molar-refractivity contribution >= 4 is 23.0 Å². The first-order valence-electron chi connectivity index (χ1n) is 6.93. The molecule has 4 unspecified atom stereocenters. The second kappa shape index (κ2) is 5.09. The van der Waals surface area contributed by atoms with Gasteiger partial charge in [0.05, 0.1) is 4.92 Å². The summed E-state index contributed by atoms with van der Waals surface area (Å²) in [6.45, 7) is 2.18. The molecule has 1 fully saturated rings. The van der Waals surface area contributed by atoms with Gasteiger partial charge in [-0.2, -0.15) is 0 Å².